The number of nitrogens with one attached hydrogen (secondary N) is 2. The van der Waals surface area contributed by atoms with Gasteiger partial charge in [0.1, 0.15) is 5.82 Å². The lowest BCUT2D eigenvalue weighted by molar-refractivity contribution is -0.138. The Morgan fingerprint density at radius 3 is 2.63 bits per heavy atom. The Morgan fingerprint density at radius 2 is 2.05 bits per heavy atom. The third kappa shape index (κ3) is 3.14. The number of rotatable bonds is 4. The topological polar surface area (TPSA) is 40.7 Å². The minimum atomic E-state index is -4.35. The van der Waals surface area contributed by atoms with Crippen LogP contribution < -0.4 is 5.32 Å². The third-order valence-corrected chi connectivity index (χ3v) is 2.94. The molecule has 1 atom stereocenters. The van der Waals surface area contributed by atoms with Crippen LogP contribution in [-0.4, -0.2) is 17.0 Å². The first-order valence-corrected chi connectivity index (χ1v) is 5.84. The number of nitrogens with zero attached hydrogens (tertiary/aromatic N) is 1. The van der Waals surface area contributed by atoms with Gasteiger partial charge in [-0.3, -0.25) is 0 Å². The number of halogens is 3. The summed E-state index contributed by atoms with van der Waals surface area (Å²) in [5.74, 6) is 0.649. The summed E-state index contributed by atoms with van der Waals surface area (Å²) < 4.78 is 38.9. The van der Waals surface area contributed by atoms with Crippen LogP contribution in [0.1, 0.15) is 23.0 Å². The summed E-state index contributed by atoms with van der Waals surface area (Å²) in [7, 11) is 1.64. The van der Waals surface area contributed by atoms with Crippen molar-refractivity contribution >= 4 is 0 Å². The summed E-state index contributed by atoms with van der Waals surface area (Å²) >= 11 is 0. The Hall–Kier alpha value is -1.82. The third-order valence-electron chi connectivity index (χ3n) is 2.94. The van der Waals surface area contributed by atoms with Crippen LogP contribution in [0.15, 0.2) is 36.7 Å². The minimum absolute atomic E-state index is 0.230. The van der Waals surface area contributed by atoms with Gasteiger partial charge in [0, 0.05) is 24.9 Å². The summed E-state index contributed by atoms with van der Waals surface area (Å²) in [6.07, 6.45) is -0.749. The lowest BCUT2D eigenvalue weighted by atomic mass is 9.97. The molecule has 0 aliphatic heterocycles. The predicted molar refractivity (Wildman–Crippen MR) is 65.5 cm³/mol. The van der Waals surface area contributed by atoms with Gasteiger partial charge in [-0.1, -0.05) is 18.2 Å². The molecule has 2 rings (SSSR count). The molecule has 0 aliphatic carbocycles. The largest absolute Gasteiger partial charge is 0.416 e. The Labute approximate surface area is 108 Å². The SMILES string of the molecule is CNC(Cc1ncc[nH]1)c1ccccc1C(F)(F)F. The molecule has 0 radical (unpaired) electrons. The quantitative estimate of drug-likeness (QED) is 0.896. The molecule has 3 nitrogen and oxygen atoms in total. The molecular formula is C13H14F3N3. The van der Waals surface area contributed by atoms with Crippen molar-refractivity contribution < 1.29 is 13.2 Å². The first-order valence-electron chi connectivity index (χ1n) is 5.84. The average molecular weight is 269 g/mol. The van der Waals surface area contributed by atoms with E-state index in [1.165, 1.54) is 12.1 Å². The van der Waals surface area contributed by atoms with E-state index >= 15 is 0 Å². The molecule has 2 aromatic rings. The van der Waals surface area contributed by atoms with E-state index in [0.29, 0.717) is 12.2 Å². The van der Waals surface area contributed by atoms with Gasteiger partial charge in [-0.15, -0.1) is 0 Å². The summed E-state index contributed by atoms with van der Waals surface area (Å²) in [4.78, 5) is 6.94. The maximum Gasteiger partial charge on any atom is 0.416 e. The molecule has 0 aliphatic rings. The molecule has 0 amide bonds. The van der Waals surface area contributed by atoms with Crippen LogP contribution in [0.4, 0.5) is 13.2 Å². The molecule has 1 aromatic carbocycles. The van der Waals surface area contributed by atoms with Crippen molar-refractivity contribution in [2.45, 2.75) is 18.6 Å². The molecule has 1 aromatic heterocycles. The fourth-order valence-corrected chi connectivity index (χ4v) is 2.03. The number of benzene rings is 1. The Morgan fingerprint density at radius 1 is 1.32 bits per heavy atom. The van der Waals surface area contributed by atoms with Crippen molar-refractivity contribution in [3.63, 3.8) is 0 Å². The van der Waals surface area contributed by atoms with Crippen LogP contribution in [0.5, 0.6) is 0 Å². The van der Waals surface area contributed by atoms with Crippen molar-refractivity contribution in [3.05, 3.63) is 53.6 Å². The molecule has 19 heavy (non-hydrogen) atoms. The number of hydrogen-bond donors (Lipinski definition) is 2. The van der Waals surface area contributed by atoms with E-state index in [0.717, 1.165) is 6.07 Å². The van der Waals surface area contributed by atoms with Gasteiger partial charge in [0.25, 0.3) is 0 Å². The molecule has 0 fully saturated rings. The van der Waals surface area contributed by atoms with E-state index in [4.69, 9.17) is 0 Å². The smallest absolute Gasteiger partial charge is 0.349 e. The van der Waals surface area contributed by atoms with Crippen LogP contribution in [0.25, 0.3) is 0 Å². The zero-order valence-corrected chi connectivity index (χ0v) is 10.3. The van der Waals surface area contributed by atoms with E-state index in [2.05, 4.69) is 15.3 Å². The zero-order valence-electron chi connectivity index (χ0n) is 10.3. The van der Waals surface area contributed by atoms with Crippen LogP contribution in [0.3, 0.4) is 0 Å². The minimum Gasteiger partial charge on any atom is -0.349 e. The van der Waals surface area contributed by atoms with E-state index in [-0.39, 0.29) is 5.56 Å². The summed E-state index contributed by atoms with van der Waals surface area (Å²) in [6.45, 7) is 0. The van der Waals surface area contributed by atoms with Crippen molar-refractivity contribution in [1.82, 2.24) is 15.3 Å². The van der Waals surface area contributed by atoms with Crippen LogP contribution in [0, 0.1) is 0 Å². The lowest BCUT2D eigenvalue weighted by Crippen LogP contribution is -2.23. The molecule has 1 heterocycles. The summed E-state index contributed by atoms with van der Waals surface area (Å²) in [6, 6.07) is 5.15. The molecule has 0 spiro atoms. The van der Waals surface area contributed by atoms with Gasteiger partial charge in [0.2, 0.25) is 0 Å². The standard InChI is InChI=1S/C13H14F3N3/c1-17-11(8-12-18-6-7-19-12)9-4-2-3-5-10(9)13(14,15)16/h2-7,11,17H,8H2,1H3,(H,18,19). The number of imidazole rings is 1. The Kier molecular flexibility index (Phi) is 3.90. The maximum absolute atomic E-state index is 13.0. The average Bonchev–Trinajstić information content (AvgIpc) is 2.88. The molecule has 2 N–H and O–H groups in total. The van der Waals surface area contributed by atoms with Gasteiger partial charge in [0.05, 0.1) is 5.56 Å². The number of hydrogen-bond acceptors (Lipinski definition) is 2. The van der Waals surface area contributed by atoms with Crippen molar-refractivity contribution in [1.29, 1.82) is 0 Å². The van der Waals surface area contributed by atoms with Crippen LogP contribution in [0.2, 0.25) is 0 Å². The lowest BCUT2D eigenvalue weighted by Gasteiger charge is -2.20. The number of aromatic amines is 1. The number of H-pyrrole nitrogens is 1. The zero-order chi connectivity index (χ0) is 13.9. The monoisotopic (exact) mass is 269 g/mol. The Bertz CT molecular complexity index is 520. The summed E-state index contributed by atoms with van der Waals surface area (Å²) in [5.41, 5.74) is -0.380. The van der Waals surface area contributed by atoms with E-state index in [9.17, 15) is 13.2 Å². The van der Waals surface area contributed by atoms with Gasteiger partial charge in [-0.2, -0.15) is 13.2 Å². The molecule has 0 saturated carbocycles. The van der Waals surface area contributed by atoms with Gasteiger partial charge < -0.3 is 10.3 Å². The van der Waals surface area contributed by atoms with E-state index in [1.807, 2.05) is 0 Å². The second-order valence-electron chi connectivity index (χ2n) is 4.17. The van der Waals surface area contributed by atoms with Gasteiger partial charge >= 0.3 is 6.18 Å². The fourth-order valence-electron chi connectivity index (χ4n) is 2.03. The van der Waals surface area contributed by atoms with Gasteiger partial charge in [0.15, 0.2) is 0 Å². The number of alkyl halides is 3. The van der Waals surface area contributed by atoms with E-state index < -0.39 is 17.8 Å². The van der Waals surface area contributed by atoms with Gasteiger partial charge in [-0.25, -0.2) is 4.98 Å². The molecule has 0 saturated heterocycles. The first-order chi connectivity index (χ1) is 9.02. The summed E-state index contributed by atoms with van der Waals surface area (Å²) in [5, 5.41) is 2.91. The van der Waals surface area contributed by atoms with E-state index in [1.54, 1.807) is 25.5 Å². The number of aromatic nitrogens is 2. The Balaban J connectivity index is 2.33. The van der Waals surface area contributed by atoms with Crippen molar-refractivity contribution in [2.75, 3.05) is 7.05 Å². The molecule has 1 unspecified atom stereocenters. The highest BCUT2D eigenvalue weighted by atomic mass is 19.4. The highest BCUT2D eigenvalue weighted by Gasteiger charge is 2.34. The normalized spacial score (nSPS) is 13.5. The molecular weight excluding hydrogens is 255 g/mol. The maximum atomic E-state index is 13.0. The van der Waals surface area contributed by atoms with Crippen LogP contribution in [-0.2, 0) is 12.6 Å². The molecule has 0 bridgehead atoms. The highest BCUT2D eigenvalue weighted by Crippen LogP contribution is 2.35. The fraction of sp³-hybridized carbons (Fsp3) is 0.308. The molecule has 102 valence electrons. The van der Waals surface area contributed by atoms with Crippen molar-refractivity contribution in [3.8, 4) is 0 Å². The second-order valence-corrected chi connectivity index (χ2v) is 4.17. The predicted octanol–water partition coefficient (Wildman–Crippen LogP) is 2.93. The number of likely N-dealkylation sites (N-methyl/N-ethyl adjacent to an activating group) is 1. The first kappa shape index (κ1) is 13.6. The molecule has 6 heteroatoms. The highest BCUT2D eigenvalue weighted by molar-refractivity contribution is 5.33. The van der Waals surface area contributed by atoms with Crippen LogP contribution >= 0.6 is 0 Å². The van der Waals surface area contributed by atoms with Gasteiger partial charge in [-0.05, 0) is 18.7 Å². The van der Waals surface area contributed by atoms with Crippen molar-refractivity contribution in [2.24, 2.45) is 0 Å². The second kappa shape index (κ2) is 5.44.